The Kier molecular flexibility index (Phi) is 3.48. The first-order chi connectivity index (χ1) is 6.77. The molecule has 1 N–H and O–H groups in total. The Bertz CT molecular complexity index is 168. The van der Waals surface area contributed by atoms with Crippen molar-refractivity contribution in [2.75, 3.05) is 6.54 Å². The number of hydrogen-bond acceptors (Lipinski definition) is 1. The van der Waals surface area contributed by atoms with Gasteiger partial charge in [0.25, 0.3) is 0 Å². The van der Waals surface area contributed by atoms with Crippen molar-refractivity contribution in [1.29, 1.82) is 0 Å². The lowest BCUT2D eigenvalue weighted by Crippen LogP contribution is -2.35. The molecule has 1 heteroatoms. The van der Waals surface area contributed by atoms with E-state index >= 15 is 0 Å². The molecule has 0 bridgehead atoms. The zero-order valence-corrected chi connectivity index (χ0v) is 9.76. The first-order valence-corrected chi connectivity index (χ1v) is 6.50. The molecule has 1 nitrogen and oxygen atoms in total. The van der Waals surface area contributed by atoms with Gasteiger partial charge in [-0.05, 0) is 56.9 Å². The number of rotatable bonds is 5. The van der Waals surface area contributed by atoms with E-state index in [1.165, 1.54) is 45.1 Å². The van der Waals surface area contributed by atoms with Gasteiger partial charge in [0.05, 0.1) is 0 Å². The summed E-state index contributed by atoms with van der Waals surface area (Å²) >= 11 is 0. The van der Waals surface area contributed by atoms with Crippen LogP contribution in [0.2, 0.25) is 0 Å². The van der Waals surface area contributed by atoms with Crippen molar-refractivity contribution in [1.82, 2.24) is 5.32 Å². The average molecular weight is 195 g/mol. The van der Waals surface area contributed by atoms with Gasteiger partial charge in [-0.25, -0.2) is 0 Å². The molecule has 0 aromatic heterocycles. The summed E-state index contributed by atoms with van der Waals surface area (Å²) in [4.78, 5) is 0. The van der Waals surface area contributed by atoms with Crippen molar-refractivity contribution in [3.63, 3.8) is 0 Å². The topological polar surface area (TPSA) is 12.0 Å². The van der Waals surface area contributed by atoms with Crippen LogP contribution in [0.15, 0.2) is 0 Å². The quantitative estimate of drug-likeness (QED) is 0.710. The molecule has 2 aliphatic rings. The molecular formula is C13H25N. The minimum Gasteiger partial charge on any atom is -0.314 e. The van der Waals surface area contributed by atoms with Crippen molar-refractivity contribution in [2.24, 2.45) is 17.8 Å². The van der Waals surface area contributed by atoms with Gasteiger partial charge in [-0.2, -0.15) is 0 Å². The van der Waals surface area contributed by atoms with Crippen LogP contribution in [0.4, 0.5) is 0 Å². The van der Waals surface area contributed by atoms with Crippen molar-refractivity contribution in [3.05, 3.63) is 0 Å². The lowest BCUT2D eigenvalue weighted by molar-refractivity contribution is 0.346. The van der Waals surface area contributed by atoms with Crippen molar-refractivity contribution in [3.8, 4) is 0 Å². The molecule has 2 rings (SSSR count). The number of nitrogens with one attached hydrogen (secondary N) is 1. The summed E-state index contributed by atoms with van der Waals surface area (Å²) < 4.78 is 0. The highest BCUT2D eigenvalue weighted by molar-refractivity contribution is 4.82. The van der Waals surface area contributed by atoms with Gasteiger partial charge in [0, 0.05) is 6.04 Å². The Morgan fingerprint density at radius 3 is 2.21 bits per heavy atom. The Morgan fingerprint density at radius 2 is 1.64 bits per heavy atom. The Hall–Kier alpha value is -0.0400. The Balaban J connectivity index is 1.63. The maximum atomic E-state index is 3.75. The molecule has 82 valence electrons. The average Bonchev–Trinajstić information content (AvgIpc) is 2.90. The summed E-state index contributed by atoms with van der Waals surface area (Å²) in [5.74, 6) is 2.94. The smallest absolute Gasteiger partial charge is 0.00671 e. The monoisotopic (exact) mass is 195 g/mol. The van der Waals surface area contributed by atoms with Crippen LogP contribution >= 0.6 is 0 Å². The predicted octanol–water partition coefficient (Wildman–Crippen LogP) is 3.20. The van der Waals surface area contributed by atoms with E-state index in [1.807, 2.05) is 0 Å². The van der Waals surface area contributed by atoms with Gasteiger partial charge in [-0.15, -0.1) is 0 Å². The van der Waals surface area contributed by atoms with Gasteiger partial charge < -0.3 is 5.32 Å². The molecule has 0 heterocycles. The molecule has 0 radical (unpaired) electrons. The Morgan fingerprint density at radius 1 is 1.00 bits per heavy atom. The fourth-order valence-electron chi connectivity index (χ4n) is 2.83. The highest BCUT2D eigenvalue weighted by Crippen LogP contribution is 2.36. The predicted molar refractivity (Wildman–Crippen MR) is 61.3 cm³/mol. The molecule has 0 amide bonds. The van der Waals surface area contributed by atoms with Gasteiger partial charge in [-0.3, -0.25) is 0 Å². The molecule has 2 aliphatic carbocycles. The van der Waals surface area contributed by atoms with E-state index in [1.54, 1.807) is 0 Å². The van der Waals surface area contributed by atoms with E-state index in [-0.39, 0.29) is 0 Å². The zero-order valence-electron chi connectivity index (χ0n) is 9.76. The lowest BCUT2D eigenvalue weighted by Gasteiger charge is -2.22. The second-order valence-electron chi connectivity index (χ2n) is 5.56. The Labute approximate surface area is 88.7 Å². The SMILES string of the molecule is CC(CNC(C)C1CCCC1)C1CC1. The maximum Gasteiger partial charge on any atom is 0.00671 e. The summed E-state index contributed by atoms with van der Waals surface area (Å²) in [6, 6.07) is 0.763. The minimum atomic E-state index is 0.763. The fourth-order valence-corrected chi connectivity index (χ4v) is 2.83. The first kappa shape index (κ1) is 10.5. The highest BCUT2D eigenvalue weighted by atomic mass is 14.9. The summed E-state index contributed by atoms with van der Waals surface area (Å²) in [6.45, 7) is 6.05. The molecule has 2 saturated carbocycles. The maximum absolute atomic E-state index is 3.75. The third-order valence-electron chi connectivity index (χ3n) is 4.30. The molecule has 0 aromatic carbocycles. The van der Waals surface area contributed by atoms with Crippen LogP contribution in [-0.4, -0.2) is 12.6 Å². The van der Waals surface area contributed by atoms with E-state index in [2.05, 4.69) is 19.2 Å². The zero-order chi connectivity index (χ0) is 9.97. The normalized spacial score (nSPS) is 27.9. The standard InChI is InChI=1S/C13H25N/c1-10(12-7-8-12)9-14-11(2)13-5-3-4-6-13/h10-14H,3-9H2,1-2H3. The van der Waals surface area contributed by atoms with Crippen molar-refractivity contribution >= 4 is 0 Å². The van der Waals surface area contributed by atoms with Gasteiger partial charge in [0.1, 0.15) is 0 Å². The van der Waals surface area contributed by atoms with Gasteiger partial charge >= 0.3 is 0 Å². The molecule has 0 aliphatic heterocycles. The van der Waals surface area contributed by atoms with E-state index in [9.17, 15) is 0 Å². The lowest BCUT2D eigenvalue weighted by atomic mass is 9.98. The van der Waals surface area contributed by atoms with E-state index in [4.69, 9.17) is 0 Å². The van der Waals surface area contributed by atoms with Crippen LogP contribution in [0, 0.1) is 17.8 Å². The van der Waals surface area contributed by atoms with E-state index < -0.39 is 0 Å². The van der Waals surface area contributed by atoms with Crippen molar-refractivity contribution < 1.29 is 0 Å². The van der Waals surface area contributed by atoms with Crippen LogP contribution in [0.1, 0.15) is 52.4 Å². The summed E-state index contributed by atoms with van der Waals surface area (Å²) in [6.07, 6.45) is 8.84. The van der Waals surface area contributed by atoms with Gasteiger partial charge in [0.2, 0.25) is 0 Å². The molecule has 0 spiro atoms. The van der Waals surface area contributed by atoms with Crippen LogP contribution in [0.5, 0.6) is 0 Å². The van der Waals surface area contributed by atoms with E-state index in [0.717, 1.165) is 23.8 Å². The van der Waals surface area contributed by atoms with Crippen LogP contribution in [0.3, 0.4) is 0 Å². The molecule has 2 fully saturated rings. The molecule has 2 atom stereocenters. The third-order valence-corrected chi connectivity index (χ3v) is 4.30. The van der Waals surface area contributed by atoms with Gasteiger partial charge in [0.15, 0.2) is 0 Å². The molecule has 0 saturated heterocycles. The molecule has 0 aromatic rings. The van der Waals surface area contributed by atoms with Crippen molar-refractivity contribution in [2.45, 2.75) is 58.4 Å². The summed E-state index contributed by atoms with van der Waals surface area (Å²) in [5.41, 5.74) is 0. The number of hydrogen-bond donors (Lipinski definition) is 1. The molecular weight excluding hydrogens is 170 g/mol. The van der Waals surface area contributed by atoms with Crippen LogP contribution < -0.4 is 5.32 Å². The molecule has 14 heavy (non-hydrogen) atoms. The van der Waals surface area contributed by atoms with E-state index in [0.29, 0.717) is 0 Å². The molecule has 2 unspecified atom stereocenters. The van der Waals surface area contributed by atoms with Crippen LogP contribution in [0.25, 0.3) is 0 Å². The third kappa shape index (κ3) is 2.73. The summed E-state index contributed by atoms with van der Waals surface area (Å²) in [5, 5.41) is 3.75. The first-order valence-electron chi connectivity index (χ1n) is 6.50. The van der Waals surface area contributed by atoms with Gasteiger partial charge in [-0.1, -0.05) is 19.8 Å². The second-order valence-corrected chi connectivity index (χ2v) is 5.56. The minimum absolute atomic E-state index is 0.763. The largest absolute Gasteiger partial charge is 0.314 e. The fraction of sp³-hybridized carbons (Fsp3) is 1.00. The van der Waals surface area contributed by atoms with Crippen LogP contribution in [-0.2, 0) is 0 Å². The second kappa shape index (κ2) is 4.65. The highest BCUT2D eigenvalue weighted by Gasteiger charge is 2.28. The summed E-state index contributed by atoms with van der Waals surface area (Å²) in [7, 11) is 0.